The molecule has 0 aromatic heterocycles. The maximum atomic E-state index is 12.1. The van der Waals surface area contributed by atoms with Crippen molar-refractivity contribution in [1.29, 1.82) is 0 Å². The van der Waals surface area contributed by atoms with Crippen molar-refractivity contribution in [2.75, 3.05) is 37.8 Å². The van der Waals surface area contributed by atoms with E-state index in [0.717, 1.165) is 9.99 Å². The van der Waals surface area contributed by atoms with Crippen molar-refractivity contribution >= 4 is 21.4 Å². The van der Waals surface area contributed by atoms with E-state index in [2.05, 4.69) is 0 Å². The van der Waals surface area contributed by atoms with Gasteiger partial charge in [0.1, 0.15) is 0 Å². The Morgan fingerprint density at radius 1 is 1.29 bits per heavy atom. The second-order valence-corrected chi connectivity index (χ2v) is 7.99. The Hall–Kier alpha value is -1.31. The number of aliphatic hydroxyl groups is 1. The van der Waals surface area contributed by atoms with E-state index in [-0.39, 0.29) is 4.90 Å². The van der Waals surface area contributed by atoms with Gasteiger partial charge in [-0.3, -0.25) is 0 Å². The zero-order valence-corrected chi connectivity index (χ0v) is 14.1. The van der Waals surface area contributed by atoms with Crippen molar-refractivity contribution in [3.05, 3.63) is 18.2 Å². The molecule has 1 aromatic rings. The summed E-state index contributed by atoms with van der Waals surface area (Å²) in [5, 5.41) is 9.94. The van der Waals surface area contributed by atoms with Gasteiger partial charge in [0.25, 0.3) is 0 Å². The van der Waals surface area contributed by atoms with E-state index in [4.69, 9.17) is 5.73 Å². The Labute approximate surface area is 127 Å². The highest BCUT2D eigenvalue weighted by molar-refractivity contribution is 7.89. The summed E-state index contributed by atoms with van der Waals surface area (Å²) in [7, 11) is -0.542. The SMILES string of the molecule is CCN(CC(C)(C)O)c1ccc(S(=O)(=O)N(C)C)cc1N. The van der Waals surface area contributed by atoms with Crippen LogP contribution in [0.1, 0.15) is 20.8 Å². The molecule has 0 saturated heterocycles. The standard InChI is InChI=1S/C14H25N3O3S/c1-6-17(10-14(2,3)18)13-8-7-11(9-12(13)15)21(19,20)16(4)5/h7-9,18H,6,10,15H2,1-5H3. The summed E-state index contributed by atoms with van der Waals surface area (Å²) in [5.74, 6) is 0. The number of likely N-dealkylation sites (N-methyl/N-ethyl adjacent to an activating group) is 1. The van der Waals surface area contributed by atoms with Gasteiger partial charge in [0.05, 0.1) is 21.9 Å². The normalized spacial score (nSPS) is 12.7. The predicted molar refractivity (Wildman–Crippen MR) is 85.9 cm³/mol. The first-order chi connectivity index (χ1) is 9.49. The van der Waals surface area contributed by atoms with Crippen molar-refractivity contribution in [3.8, 4) is 0 Å². The lowest BCUT2D eigenvalue weighted by molar-refractivity contribution is 0.0876. The quantitative estimate of drug-likeness (QED) is 0.768. The first kappa shape index (κ1) is 17.7. The number of anilines is 2. The van der Waals surface area contributed by atoms with E-state index in [0.29, 0.717) is 18.8 Å². The van der Waals surface area contributed by atoms with Crippen LogP contribution >= 0.6 is 0 Å². The third-order valence-electron chi connectivity index (χ3n) is 3.08. The lowest BCUT2D eigenvalue weighted by Crippen LogP contribution is -2.39. The number of hydrogen-bond donors (Lipinski definition) is 2. The molecular weight excluding hydrogens is 290 g/mol. The Balaban J connectivity index is 3.19. The summed E-state index contributed by atoms with van der Waals surface area (Å²) in [5.41, 5.74) is 6.24. The highest BCUT2D eigenvalue weighted by Crippen LogP contribution is 2.28. The van der Waals surface area contributed by atoms with Crippen LogP contribution < -0.4 is 10.6 Å². The molecule has 0 heterocycles. The third-order valence-corrected chi connectivity index (χ3v) is 4.89. The van der Waals surface area contributed by atoms with Gasteiger partial charge in [-0.25, -0.2) is 12.7 Å². The van der Waals surface area contributed by atoms with Crippen molar-refractivity contribution < 1.29 is 13.5 Å². The van der Waals surface area contributed by atoms with E-state index in [9.17, 15) is 13.5 Å². The van der Waals surface area contributed by atoms with Gasteiger partial charge in [-0.05, 0) is 39.0 Å². The highest BCUT2D eigenvalue weighted by Gasteiger charge is 2.22. The Morgan fingerprint density at radius 3 is 2.24 bits per heavy atom. The maximum absolute atomic E-state index is 12.1. The molecule has 0 amide bonds. The monoisotopic (exact) mass is 315 g/mol. The summed E-state index contributed by atoms with van der Waals surface area (Å²) in [4.78, 5) is 2.08. The minimum Gasteiger partial charge on any atom is -0.397 e. The number of nitrogens with zero attached hydrogens (tertiary/aromatic N) is 2. The molecule has 7 heteroatoms. The number of sulfonamides is 1. The third kappa shape index (κ3) is 4.33. The number of rotatable bonds is 6. The molecule has 120 valence electrons. The smallest absolute Gasteiger partial charge is 0.242 e. The molecular formula is C14H25N3O3S. The molecule has 1 rings (SSSR count). The van der Waals surface area contributed by atoms with Gasteiger partial charge in [-0.2, -0.15) is 0 Å². The van der Waals surface area contributed by atoms with Gasteiger partial charge < -0.3 is 15.7 Å². The molecule has 0 aliphatic rings. The molecule has 6 nitrogen and oxygen atoms in total. The van der Waals surface area contributed by atoms with Crippen LogP contribution in [0.4, 0.5) is 11.4 Å². The first-order valence-corrected chi connectivity index (χ1v) is 8.22. The summed E-state index contributed by atoms with van der Waals surface area (Å²) in [6.07, 6.45) is 0. The summed E-state index contributed by atoms with van der Waals surface area (Å²) < 4.78 is 25.3. The van der Waals surface area contributed by atoms with E-state index in [1.807, 2.05) is 11.8 Å². The minimum atomic E-state index is -3.50. The van der Waals surface area contributed by atoms with Crippen LogP contribution in [0.3, 0.4) is 0 Å². The van der Waals surface area contributed by atoms with Gasteiger partial charge in [-0.15, -0.1) is 0 Å². The van der Waals surface area contributed by atoms with Crippen LogP contribution in [0.15, 0.2) is 23.1 Å². The van der Waals surface area contributed by atoms with Crippen LogP contribution in [0.25, 0.3) is 0 Å². The average Bonchev–Trinajstić information content (AvgIpc) is 2.34. The highest BCUT2D eigenvalue weighted by atomic mass is 32.2. The zero-order valence-electron chi connectivity index (χ0n) is 13.3. The molecule has 0 aliphatic carbocycles. The van der Waals surface area contributed by atoms with Crippen LogP contribution in [-0.2, 0) is 10.0 Å². The van der Waals surface area contributed by atoms with Gasteiger partial charge in [0, 0.05) is 27.2 Å². The molecule has 21 heavy (non-hydrogen) atoms. The maximum Gasteiger partial charge on any atom is 0.242 e. The molecule has 1 aromatic carbocycles. The summed E-state index contributed by atoms with van der Waals surface area (Å²) in [6.45, 7) is 6.46. The molecule has 0 atom stereocenters. The van der Waals surface area contributed by atoms with Gasteiger partial charge >= 0.3 is 0 Å². The topological polar surface area (TPSA) is 86.9 Å². The van der Waals surface area contributed by atoms with E-state index >= 15 is 0 Å². The van der Waals surface area contributed by atoms with Gasteiger partial charge in [-0.1, -0.05) is 0 Å². The second-order valence-electron chi connectivity index (χ2n) is 5.83. The second kappa shape index (κ2) is 6.21. The van der Waals surface area contributed by atoms with Crippen molar-refractivity contribution in [3.63, 3.8) is 0 Å². The Morgan fingerprint density at radius 2 is 1.86 bits per heavy atom. The Kier molecular flexibility index (Phi) is 5.25. The summed E-state index contributed by atoms with van der Waals surface area (Å²) in [6, 6.07) is 4.67. The molecule has 3 N–H and O–H groups in total. The molecule has 0 aliphatic heterocycles. The van der Waals surface area contributed by atoms with Crippen LogP contribution in [0.5, 0.6) is 0 Å². The number of benzene rings is 1. The average molecular weight is 315 g/mol. The molecule has 0 fully saturated rings. The minimum absolute atomic E-state index is 0.160. The molecule has 0 spiro atoms. The summed E-state index contributed by atoms with van der Waals surface area (Å²) >= 11 is 0. The van der Waals surface area contributed by atoms with Crippen molar-refractivity contribution in [2.24, 2.45) is 0 Å². The molecule has 0 radical (unpaired) electrons. The van der Waals surface area contributed by atoms with E-state index in [1.54, 1.807) is 19.9 Å². The number of nitrogen functional groups attached to an aromatic ring is 1. The van der Waals surface area contributed by atoms with Crippen LogP contribution in [0.2, 0.25) is 0 Å². The fourth-order valence-electron chi connectivity index (χ4n) is 2.03. The molecule has 0 unspecified atom stereocenters. The molecule has 0 bridgehead atoms. The lowest BCUT2D eigenvalue weighted by Gasteiger charge is -2.31. The first-order valence-electron chi connectivity index (χ1n) is 6.78. The largest absolute Gasteiger partial charge is 0.397 e. The Bertz CT molecular complexity index is 592. The number of hydrogen-bond acceptors (Lipinski definition) is 5. The van der Waals surface area contributed by atoms with Gasteiger partial charge in [0.15, 0.2) is 0 Å². The lowest BCUT2D eigenvalue weighted by atomic mass is 10.1. The van der Waals surface area contributed by atoms with Crippen molar-refractivity contribution in [1.82, 2.24) is 4.31 Å². The van der Waals surface area contributed by atoms with E-state index < -0.39 is 15.6 Å². The fourth-order valence-corrected chi connectivity index (χ4v) is 2.96. The molecule has 0 saturated carbocycles. The predicted octanol–water partition coefficient (Wildman–Crippen LogP) is 1.12. The van der Waals surface area contributed by atoms with Crippen molar-refractivity contribution in [2.45, 2.75) is 31.3 Å². The van der Waals surface area contributed by atoms with E-state index in [1.165, 1.54) is 26.2 Å². The van der Waals surface area contributed by atoms with Gasteiger partial charge in [0.2, 0.25) is 10.0 Å². The zero-order chi connectivity index (χ0) is 16.4. The fraction of sp³-hybridized carbons (Fsp3) is 0.571. The number of nitrogens with two attached hydrogens (primary N) is 1. The van der Waals surface area contributed by atoms with Crippen LogP contribution in [-0.4, -0.2) is 50.6 Å². The van der Waals surface area contributed by atoms with Crippen LogP contribution in [0, 0.1) is 0 Å².